The molecule has 20 heavy (non-hydrogen) atoms. The van der Waals surface area contributed by atoms with Crippen molar-refractivity contribution in [1.82, 2.24) is 4.90 Å². The predicted molar refractivity (Wildman–Crippen MR) is 73.3 cm³/mol. The molecule has 0 aromatic heterocycles. The zero-order valence-electron chi connectivity index (χ0n) is 11.9. The summed E-state index contributed by atoms with van der Waals surface area (Å²) in [6.45, 7) is 5.80. The lowest BCUT2D eigenvalue weighted by molar-refractivity contribution is -0.144. The van der Waals surface area contributed by atoms with Crippen LogP contribution in [0.15, 0.2) is 18.2 Å². The molecule has 0 saturated carbocycles. The van der Waals surface area contributed by atoms with Gasteiger partial charge in [-0.1, -0.05) is 6.92 Å². The van der Waals surface area contributed by atoms with Crippen LogP contribution in [0.5, 0.6) is 5.75 Å². The number of hydrogen-bond acceptors (Lipinski definition) is 4. The van der Waals surface area contributed by atoms with Crippen molar-refractivity contribution in [2.75, 3.05) is 26.2 Å². The number of ether oxygens (including phenoxy) is 2. The van der Waals surface area contributed by atoms with Gasteiger partial charge in [-0.05, 0) is 31.7 Å². The summed E-state index contributed by atoms with van der Waals surface area (Å²) in [7, 11) is 0. The zero-order valence-corrected chi connectivity index (χ0v) is 11.9. The van der Waals surface area contributed by atoms with Gasteiger partial charge in [0, 0.05) is 18.5 Å². The number of carbonyl (C=O) groups is 1. The molecular formula is C15H20FNO3. The highest BCUT2D eigenvalue weighted by atomic mass is 19.1. The Hall–Kier alpha value is -1.62. The van der Waals surface area contributed by atoms with E-state index < -0.39 is 0 Å². The molecule has 0 aliphatic carbocycles. The highest BCUT2D eigenvalue weighted by molar-refractivity contribution is 5.71. The van der Waals surface area contributed by atoms with Gasteiger partial charge >= 0.3 is 5.97 Å². The van der Waals surface area contributed by atoms with Crippen molar-refractivity contribution in [2.45, 2.75) is 26.4 Å². The van der Waals surface area contributed by atoms with Gasteiger partial charge in [0.15, 0.2) is 0 Å². The van der Waals surface area contributed by atoms with Crippen LogP contribution in [0, 0.1) is 5.82 Å². The van der Waals surface area contributed by atoms with Crippen LogP contribution in [0.2, 0.25) is 0 Å². The quantitative estimate of drug-likeness (QED) is 0.748. The first-order valence-corrected chi connectivity index (χ1v) is 6.95. The number of esters is 1. The van der Waals surface area contributed by atoms with Crippen LogP contribution in [0.4, 0.5) is 4.39 Å². The summed E-state index contributed by atoms with van der Waals surface area (Å²) in [6, 6.07) is 4.57. The predicted octanol–water partition coefficient (Wildman–Crippen LogP) is 2.01. The topological polar surface area (TPSA) is 38.8 Å². The zero-order chi connectivity index (χ0) is 14.5. The van der Waals surface area contributed by atoms with Crippen molar-refractivity contribution < 1.29 is 18.7 Å². The average molecular weight is 281 g/mol. The van der Waals surface area contributed by atoms with Crippen molar-refractivity contribution in [3.63, 3.8) is 0 Å². The van der Waals surface area contributed by atoms with Crippen LogP contribution < -0.4 is 4.74 Å². The van der Waals surface area contributed by atoms with Gasteiger partial charge < -0.3 is 9.47 Å². The monoisotopic (exact) mass is 281 g/mol. The molecule has 5 heteroatoms. The second-order valence-electron chi connectivity index (χ2n) is 4.83. The summed E-state index contributed by atoms with van der Waals surface area (Å²) in [6.07, 6.45) is 0.632. The molecule has 0 spiro atoms. The Morgan fingerprint density at radius 1 is 1.50 bits per heavy atom. The van der Waals surface area contributed by atoms with Crippen molar-refractivity contribution in [1.29, 1.82) is 0 Å². The van der Waals surface area contributed by atoms with E-state index in [0.717, 1.165) is 17.9 Å². The molecule has 1 aromatic rings. The minimum Gasteiger partial charge on any atom is -0.488 e. The van der Waals surface area contributed by atoms with Gasteiger partial charge in [0.2, 0.25) is 0 Å². The second kappa shape index (κ2) is 6.70. The van der Waals surface area contributed by atoms with E-state index in [9.17, 15) is 9.18 Å². The highest BCUT2D eigenvalue weighted by Crippen LogP contribution is 2.29. The first kappa shape index (κ1) is 14.8. The van der Waals surface area contributed by atoms with Crippen LogP contribution in [-0.2, 0) is 16.0 Å². The van der Waals surface area contributed by atoms with E-state index in [0.29, 0.717) is 19.6 Å². The Labute approximate surface area is 118 Å². The van der Waals surface area contributed by atoms with Crippen molar-refractivity contribution >= 4 is 5.97 Å². The fraction of sp³-hybridized carbons (Fsp3) is 0.533. The van der Waals surface area contributed by atoms with E-state index in [1.54, 1.807) is 13.0 Å². The van der Waals surface area contributed by atoms with Gasteiger partial charge in [0.05, 0.1) is 13.2 Å². The maximum Gasteiger partial charge on any atom is 0.320 e. The highest BCUT2D eigenvalue weighted by Gasteiger charge is 2.25. The fourth-order valence-corrected chi connectivity index (χ4v) is 2.37. The Morgan fingerprint density at radius 3 is 3.00 bits per heavy atom. The van der Waals surface area contributed by atoms with Crippen molar-refractivity contribution in [3.8, 4) is 5.75 Å². The number of benzene rings is 1. The SMILES string of the molecule is CCOC(=O)CN(CC)CC1Cc2cc(F)ccc2O1. The normalized spacial score (nSPS) is 16.9. The lowest BCUT2D eigenvalue weighted by atomic mass is 10.1. The minimum absolute atomic E-state index is 0.0406. The molecule has 0 fully saturated rings. The molecule has 1 heterocycles. The first-order chi connectivity index (χ1) is 9.62. The number of likely N-dealkylation sites (N-methyl/N-ethyl adjacent to an activating group) is 1. The average Bonchev–Trinajstić information content (AvgIpc) is 2.79. The van der Waals surface area contributed by atoms with Gasteiger partial charge in [0.1, 0.15) is 17.7 Å². The van der Waals surface area contributed by atoms with Crippen molar-refractivity contribution in [2.24, 2.45) is 0 Å². The molecule has 1 aromatic carbocycles. The van der Waals surface area contributed by atoms with Gasteiger partial charge in [-0.15, -0.1) is 0 Å². The smallest absolute Gasteiger partial charge is 0.320 e. The maximum atomic E-state index is 13.1. The van der Waals surface area contributed by atoms with Crippen LogP contribution in [0.1, 0.15) is 19.4 Å². The third-order valence-electron chi connectivity index (χ3n) is 3.33. The van der Waals surface area contributed by atoms with Crippen molar-refractivity contribution in [3.05, 3.63) is 29.6 Å². The van der Waals surface area contributed by atoms with E-state index in [4.69, 9.17) is 9.47 Å². The Morgan fingerprint density at radius 2 is 2.30 bits per heavy atom. The third kappa shape index (κ3) is 3.70. The van der Waals surface area contributed by atoms with Crippen LogP contribution in [0.3, 0.4) is 0 Å². The maximum absolute atomic E-state index is 13.1. The molecule has 1 aliphatic heterocycles. The molecule has 2 rings (SSSR count). The van der Waals surface area contributed by atoms with Crippen LogP contribution >= 0.6 is 0 Å². The van der Waals surface area contributed by atoms with Gasteiger partial charge in [-0.25, -0.2) is 4.39 Å². The molecule has 1 unspecified atom stereocenters. The Bertz CT molecular complexity index is 478. The van der Waals surface area contributed by atoms with E-state index in [1.165, 1.54) is 12.1 Å². The van der Waals surface area contributed by atoms with Crippen LogP contribution in [-0.4, -0.2) is 43.2 Å². The fourth-order valence-electron chi connectivity index (χ4n) is 2.37. The summed E-state index contributed by atoms with van der Waals surface area (Å²) in [5, 5.41) is 0. The molecule has 0 amide bonds. The molecule has 4 nitrogen and oxygen atoms in total. The van der Waals surface area contributed by atoms with E-state index >= 15 is 0 Å². The number of hydrogen-bond donors (Lipinski definition) is 0. The lowest BCUT2D eigenvalue weighted by Gasteiger charge is -2.22. The van der Waals surface area contributed by atoms with Crippen LogP contribution in [0.25, 0.3) is 0 Å². The molecule has 0 saturated heterocycles. The summed E-state index contributed by atoms with van der Waals surface area (Å²) >= 11 is 0. The van der Waals surface area contributed by atoms with Gasteiger partial charge in [-0.2, -0.15) is 0 Å². The number of halogens is 1. The standard InChI is InChI=1S/C15H20FNO3/c1-3-17(10-15(18)19-4-2)9-13-8-11-7-12(16)5-6-14(11)20-13/h5-7,13H,3-4,8-10H2,1-2H3. The minimum atomic E-state index is -0.244. The van der Waals surface area contributed by atoms with Gasteiger partial charge in [-0.3, -0.25) is 9.69 Å². The molecule has 0 bridgehead atoms. The third-order valence-corrected chi connectivity index (χ3v) is 3.33. The Balaban J connectivity index is 1.89. The Kier molecular flexibility index (Phi) is 4.95. The second-order valence-corrected chi connectivity index (χ2v) is 4.83. The summed E-state index contributed by atoms with van der Waals surface area (Å²) < 4.78 is 23.9. The summed E-state index contributed by atoms with van der Waals surface area (Å²) in [4.78, 5) is 13.5. The number of fused-ring (bicyclic) bond motifs is 1. The number of carbonyl (C=O) groups excluding carboxylic acids is 1. The lowest BCUT2D eigenvalue weighted by Crippen LogP contribution is -2.38. The van der Waals surface area contributed by atoms with E-state index in [-0.39, 0.29) is 24.4 Å². The molecule has 0 radical (unpaired) electrons. The summed E-state index contributed by atoms with van der Waals surface area (Å²) in [5.41, 5.74) is 0.891. The number of nitrogens with zero attached hydrogens (tertiary/aromatic N) is 1. The molecule has 1 aliphatic rings. The largest absolute Gasteiger partial charge is 0.488 e. The number of rotatable bonds is 6. The van der Waals surface area contributed by atoms with E-state index in [2.05, 4.69) is 0 Å². The van der Waals surface area contributed by atoms with Gasteiger partial charge in [0.25, 0.3) is 0 Å². The molecule has 1 atom stereocenters. The first-order valence-electron chi connectivity index (χ1n) is 6.95. The summed E-state index contributed by atoms with van der Waals surface area (Å²) in [5.74, 6) is 0.270. The molecule has 0 N–H and O–H groups in total. The van der Waals surface area contributed by atoms with E-state index in [1.807, 2.05) is 11.8 Å². The molecule has 110 valence electrons. The molecular weight excluding hydrogens is 261 g/mol.